The Morgan fingerprint density at radius 3 is 2.20 bits per heavy atom. The number of carboxylic acids is 1. The molecule has 0 aromatic heterocycles. The number of rotatable bonds is 5. The number of piperazine rings is 1. The van der Waals surface area contributed by atoms with Gasteiger partial charge in [0.15, 0.2) is 0 Å². The second-order valence-electron chi connectivity index (χ2n) is 6.38. The summed E-state index contributed by atoms with van der Waals surface area (Å²) >= 11 is 0. The van der Waals surface area contributed by atoms with E-state index in [2.05, 4.69) is 28.5 Å². The van der Waals surface area contributed by atoms with E-state index in [1.165, 1.54) is 25.9 Å². The van der Waals surface area contributed by atoms with Gasteiger partial charge in [0, 0.05) is 44.8 Å². The summed E-state index contributed by atoms with van der Waals surface area (Å²) in [5, 5.41) is 8.73. The van der Waals surface area contributed by atoms with Crippen molar-refractivity contribution in [2.45, 2.75) is 45.2 Å². The lowest BCUT2D eigenvalue weighted by atomic mass is 10.0. The van der Waals surface area contributed by atoms with E-state index in [0.29, 0.717) is 12.6 Å². The van der Waals surface area contributed by atoms with E-state index in [-0.39, 0.29) is 6.42 Å². The van der Waals surface area contributed by atoms with Crippen molar-refractivity contribution in [3.63, 3.8) is 0 Å². The van der Waals surface area contributed by atoms with E-state index >= 15 is 0 Å². The van der Waals surface area contributed by atoms with Crippen LogP contribution in [0.3, 0.4) is 0 Å². The largest absolute Gasteiger partial charge is 0.481 e. The second-order valence-corrected chi connectivity index (χ2v) is 6.38. The van der Waals surface area contributed by atoms with Gasteiger partial charge in [-0.1, -0.05) is 0 Å². The quantitative estimate of drug-likeness (QED) is 0.814. The number of aliphatic carboxylic acids is 1. The van der Waals surface area contributed by atoms with E-state index in [9.17, 15) is 4.79 Å². The van der Waals surface area contributed by atoms with Gasteiger partial charge < -0.3 is 14.9 Å². The Morgan fingerprint density at radius 1 is 1.10 bits per heavy atom. The van der Waals surface area contributed by atoms with Crippen molar-refractivity contribution in [3.05, 3.63) is 0 Å². The highest BCUT2D eigenvalue weighted by atomic mass is 16.4. The van der Waals surface area contributed by atoms with Crippen LogP contribution < -0.4 is 0 Å². The van der Waals surface area contributed by atoms with Gasteiger partial charge in [0.1, 0.15) is 0 Å². The molecule has 2 saturated heterocycles. The molecule has 20 heavy (non-hydrogen) atoms. The van der Waals surface area contributed by atoms with Gasteiger partial charge in [-0.15, -0.1) is 0 Å². The molecule has 2 heterocycles. The Balaban J connectivity index is 1.68. The number of likely N-dealkylation sites (tertiary alicyclic amines) is 1. The van der Waals surface area contributed by atoms with Gasteiger partial charge in [0.2, 0.25) is 0 Å². The second kappa shape index (κ2) is 7.38. The molecule has 0 aromatic carbocycles. The van der Waals surface area contributed by atoms with Crippen LogP contribution in [0, 0.1) is 0 Å². The van der Waals surface area contributed by atoms with Crippen LogP contribution >= 0.6 is 0 Å². The van der Waals surface area contributed by atoms with Gasteiger partial charge in [-0.25, -0.2) is 0 Å². The molecule has 1 N–H and O–H groups in total. The maximum atomic E-state index is 10.6. The molecular weight excluding hydrogens is 254 g/mol. The Labute approximate surface area is 122 Å². The molecule has 0 spiro atoms. The lowest BCUT2D eigenvalue weighted by molar-refractivity contribution is -0.137. The van der Waals surface area contributed by atoms with E-state index in [0.717, 1.165) is 32.2 Å². The molecule has 0 aromatic rings. The van der Waals surface area contributed by atoms with Crippen molar-refractivity contribution in [1.29, 1.82) is 0 Å². The van der Waals surface area contributed by atoms with Crippen molar-refractivity contribution in [2.24, 2.45) is 0 Å². The molecule has 5 nitrogen and oxygen atoms in total. The summed E-state index contributed by atoms with van der Waals surface area (Å²) in [7, 11) is 0. The zero-order chi connectivity index (χ0) is 14.5. The minimum atomic E-state index is -0.687. The predicted octanol–water partition coefficient (Wildman–Crippen LogP) is 0.952. The third-order valence-corrected chi connectivity index (χ3v) is 4.79. The van der Waals surface area contributed by atoms with Crippen molar-refractivity contribution in [2.75, 3.05) is 45.8 Å². The van der Waals surface area contributed by atoms with Crippen LogP contribution in [0.25, 0.3) is 0 Å². The van der Waals surface area contributed by atoms with Crippen LogP contribution in [-0.4, -0.2) is 83.7 Å². The normalized spacial score (nSPS) is 24.4. The van der Waals surface area contributed by atoms with E-state index < -0.39 is 5.97 Å². The molecule has 0 saturated carbocycles. The Hall–Kier alpha value is -0.650. The van der Waals surface area contributed by atoms with Crippen LogP contribution in [0.2, 0.25) is 0 Å². The number of piperidine rings is 1. The molecule has 116 valence electrons. The SMILES string of the molecule is CC(C)N1CCC(N2CCN(CCC(=O)O)CC2)CC1. The zero-order valence-electron chi connectivity index (χ0n) is 12.9. The highest BCUT2D eigenvalue weighted by Crippen LogP contribution is 2.19. The third-order valence-electron chi connectivity index (χ3n) is 4.79. The first-order chi connectivity index (χ1) is 9.56. The fraction of sp³-hybridized carbons (Fsp3) is 0.933. The number of carbonyl (C=O) groups is 1. The smallest absolute Gasteiger partial charge is 0.304 e. The molecule has 0 atom stereocenters. The summed E-state index contributed by atoms with van der Waals surface area (Å²) in [5.41, 5.74) is 0. The van der Waals surface area contributed by atoms with Crippen LogP contribution in [-0.2, 0) is 4.79 Å². The lowest BCUT2D eigenvalue weighted by Gasteiger charge is -2.43. The van der Waals surface area contributed by atoms with Gasteiger partial charge in [-0.2, -0.15) is 0 Å². The fourth-order valence-corrected chi connectivity index (χ4v) is 3.37. The highest BCUT2D eigenvalue weighted by molar-refractivity contribution is 5.66. The maximum absolute atomic E-state index is 10.6. The van der Waals surface area contributed by atoms with E-state index in [4.69, 9.17) is 5.11 Å². The van der Waals surface area contributed by atoms with Gasteiger partial charge in [0.25, 0.3) is 0 Å². The van der Waals surface area contributed by atoms with Crippen molar-refractivity contribution >= 4 is 5.97 Å². The average Bonchev–Trinajstić information content (AvgIpc) is 2.46. The van der Waals surface area contributed by atoms with Crippen molar-refractivity contribution in [1.82, 2.24) is 14.7 Å². The summed E-state index contributed by atoms with van der Waals surface area (Å²) < 4.78 is 0. The van der Waals surface area contributed by atoms with Crippen LogP contribution in [0.15, 0.2) is 0 Å². The van der Waals surface area contributed by atoms with Crippen molar-refractivity contribution in [3.8, 4) is 0 Å². The highest BCUT2D eigenvalue weighted by Gasteiger charge is 2.27. The molecular formula is C15H29N3O2. The number of nitrogens with zero attached hydrogens (tertiary/aromatic N) is 3. The fourth-order valence-electron chi connectivity index (χ4n) is 3.37. The standard InChI is InChI=1S/C15H29N3O2/c1-13(2)17-7-3-14(4-8-17)18-11-9-16(10-12-18)6-5-15(19)20/h13-14H,3-12H2,1-2H3,(H,19,20). The zero-order valence-corrected chi connectivity index (χ0v) is 12.9. The van der Waals surface area contributed by atoms with Gasteiger partial charge >= 0.3 is 5.97 Å². The number of hydrogen-bond donors (Lipinski definition) is 1. The molecule has 0 amide bonds. The Morgan fingerprint density at radius 2 is 1.70 bits per heavy atom. The maximum Gasteiger partial charge on any atom is 0.304 e. The van der Waals surface area contributed by atoms with Crippen LogP contribution in [0.5, 0.6) is 0 Å². The first-order valence-electron chi connectivity index (χ1n) is 7.98. The van der Waals surface area contributed by atoms with Gasteiger partial charge in [-0.05, 0) is 39.8 Å². The van der Waals surface area contributed by atoms with Gasteiger partial charge in [-0.3, -0.25) is 9.69 Å². The number of hydrogen-bond acceptors (Lipinski definition) is 4. The molecule has 2 aliphatic rings. The van der Waals surface area contributed by atoms with Crippen molar-refractivity contribution < 1.29 is 9.90 Å². The molecule has 2 fully saturated rings. The molecule has 0 aliphatic carbocycles. The summed E-state index contributed by atoms with van der Waals surface area (Å²) in [6.45, 7) is 12.0. The van der Waals surface area contributed by atoms with E-state index in [1.54, 1.807) is 0 Å². The molecule has 0 radical (unpaired) electrons. The molecule has 2 rings (SSSR count). The monoisotopic (exact) mass is 283 g/mol. The summed E-state index contributed by atoms with van der Waals surface area (Å²) in [4.78, 5) is 18.1. The molecule has 2 aliphatic heterocycles. The van der Waals surface area contributed by atoms with Crippen LogP contribution in [0.1, 0.15) is 33.1 Å². The first kappa shape index (κ1) is 15.7. The van der Waals surface area contributed by atoms with Gasteiger partial charge in [0.05, 0.1) is 6.42 Å². The minimum Gasteiger partial charge on any atom is -0.481 e. The molecule has 5 heteroatoms. The minimum absolute atomic E-state index is 0.271. The Kier molecular flexibility index (Phi) is 5.81. The summed E-state index contributed by atoms with van der Waals surface area (Å²) in [6, 6.07) is 1.41. The first-order valence-corrected chi connectivity index (χ1v) is 7.98. The van der Waals surface area contributed by atoms with Crippen LogP contribution in [0.4, 0.5) is 0 Å². The van der Waals surface area contributed by atoms with E-state index in [1.807, 2.05) is 0 Å². The average molecular weight is 283 g/mol. The third kappa shape index (κ3) is 4.43. The predicted molar refractivity (Wildman–Crippen MR) is 80.0 cm³/mol. The number of carboxylic acid groups (broad SMARTS) is 1. The lowest BCUT2D eigenvalue weighted by Crippen LogP contribution is -2.53. The molecule has 0 unspecified atom stereocenters. The summed E-state index contributed by atoms with van der Waals surface area (Å²) in [5.74, 6) is -0.687. The Bertz CT molecular complexity index is 306. The summed E-state index contributed by atoms with van der Waals surface area (Å²) in [6.07, 6.45) is 2.84. The topological polar surface area (TPSA) is 47.0 Å². The molecule has 0 bridgehead atoms.